The first-order valence-corrected chi connectivity index (χ1v) is 12.6. The van der Waals surface area contributed by atoms with Crippen molar-refractivity contribution in [1.29, 1.82) is 0 Å². The van der Waals surface area contributed by atoms with Gasteiger partial charge in [-0.2, -0.15) is 0 Å². The molecule has 1 heterocycles. The lowest BCUT2D eigenvalue weighted by molar-refractivity contribution is -0.137. The number of nitrogens with zero attached hydrogens (tertiary/aromatic N) is 1. The molecule has 1 aliphatic heterocycles. The van der Waals surface area contributed by atoms with Crippen molar-refractivity contribution >= 4 is 21.5 Å². The smallest absolute Gasteiger partial charge is 0.261 e. The summed E-state index contributed by atoms with van der Waals surface area (Å²) in [7, 11) is -3.07. The van der Waals surface area contributed by atoms with Crippen molar-refractivity contribution in [3.8, 4) is 5.75 Å². The number of hydrogen-bond donors (Lipinski definition) is 0. The molecule has 1 saturated carbocycles. The predicted octanol–water partition coefficient (Wildman–Crippen LogP) is 3.25. The molecular weight excluding hydrogens is 414 g/mol. The number of amides is 1. The van der Waals surface area contributed by atoms with E-state index in [0.29, 0.717) is 23.3 Å². The fourth-order valence-corrected chi connectivity index (χ4v) is 6.27. The van der Waals surface area contributed by atoms with Crippen LogP contribution in [0.1, 0.15) is 48.0 Å². The molecule has 0 bridgehead atoms. The molecule has 2 aromatic rings. The Hall–Kier alpha value is -2.67. The van der Waals surface area contributed by atoms with Crippen LogP contribution in [0.4, 0.5) is 0 Å². The summed E-state index contributed by atoms with van der Waals surface area (Å²) in [5.74, 6) is 0.456. The van der Waals surface area contributed by atoms with Crippen LogP contribution in [-0.4, -0.2) is 55.2 Å². The Labute approximate surface area is 183 Å². The van der Waals surface area contributed by atoms with E-state index in [1.165, 1.54) is 0 Å². The molecule has 7 heteroatoms. The number of hydrogen-bond acceptors (Lipinski definition) is 5. The predicted molar refractivity (Wildman–Crippen MR) is 118 cm³/mol. The maximum absolute atomic E-state index is 13.0. The molecule has 1 atom stereocenters. The molecule has 2 aromatic carbocycles. The van der Waals surface area contributed by atoms with Crippen molar-refractivity contribution < 1.29 is 22.7 Å². The molecule has 0 radical (unpaired) electrons. The molecule has 2 aliphatic rings. The van der Waals surface area contributed by atoms with Gasteiger partial charge in [0.25, 0.3) is 5.91 Å². The molecule has 1 amide bonds. The van der Waals surface area contributed by atoms with Gasteiger partial charge in [0.1, 0.15) is 5.75 Å². The highest BCUT2D eigenvalue weighted by Gasteiger charge is 2.39. The number of sulfone groups is 1. The van der Waals surface area contributed by atoms with Gasteiger partial charge in [-0.1, -0.05) is 43.2 Å². The Morgan fingerprint density at radius 1 is 0.871 bits per heavy atom. The molecule has 0 N–H and O–H groups in total. The van der Waals surface area contributed by atoms with E-state index in [1.807, 2.05) is 18.2 Å². The monoisotopic (exact) mass is 441 g/mol. The van der Waals surface area contributed by atoms with Crippen LogP contribution in [0.15, 0.2) is 54.6 Å². The molecule has 2 fully saturated rings. The minimum Gasteiger partial charge on any atom is -0.484 e. The average Bonchev–Trinajstić information content (AvgIpc) is 3.43. The SMILES string of the molecule is O=C(c1ccccc1)c1ccc(OCC(=O)N(C2CCCC2)[C@H]2CCS(=O)(=O)C2)cc1. The van der Waals surface area contributed by atoms with Crippen molar-refractivity contribution in [2.24, 2.45) is 0 Å². The Morgan fingerprint density at radius 3 is 2.13 bits per heavy atom. The number of carbonyl (C=O) groups excluding carboxylic acids is 2. The number of rotatable bonds is 7. The van der Waals surface area contributed by atoms with Crippen LogP contribution in [0, 0.1) is 0 Å². The van der Waals surface area contributed by atoms with E-state index >= 15 is 0 Å². The van der Waals surface area contributed by atoms with Crippen molar-refractivity contribution in [2.75, 3.05) is 18.1 Å². The highest BCUT2D eigenvalue weighted by atomic mass is 32.2. The van der Waals surface area contributed by atoms with Gasteiger partial charge >= 0.3 is 0 Å². The van der Waals surface area contributed by atoms with Crippen molar-refractivity contribution in [2.45, 2.75) is 44.2 Å². The maximum atomic E-state index is 13.0. The van der Waals surface area contributed by atoms with Gasteiger partial charge in [-0.3, -0.25) is 9.59 Å². The summed E-state index contributed by atoms with van der Waals surface area (Å²) in [5.41, 5.74) is 1.17. The molecular formula is C24H27NO5S. The summed E-state index contributed by atoms with van der Waals surface area (Å²) in [5, 5.41) is 0. The summed E-state index contributed by atoms with van der Waals surface area (Å²) in [6, 6.07) is 15.6. The largest absolute Gasteiger partial charge is 0.484 e. The van der Waals surface area contributed by atoms with Crippen LogP contribution < -0.4 is 4.74 Å². The van der Waals surface area contributed by atoms with Crippen LogP contribution in [0.3, 0.4) is 0 Å². The highest BCUT2D eigenvalue weighted by molar-refractivity contribution is 7.91. The number of carbonyl (C=O) groups is 2. The number of ketones is 1. The second kappa shape index (κ2) is 9.22. The zero-order chi connectivity index (χ0) is 21.8. The second-order valence-electron chi connectivity index (χ2n) is 8.30. The van der Waals surface area contributed by atoms with Gasteiger partial charge in [0, 0.05) is 23.2 Å². The minimum atomic E-state index is -3.07. The summed E-state index contributed by atoms with van der Waals surface area (Å²) in [6.07, 6.45) is 4.45. The van der Waals surface area contributed by atoms with Crippen LogP contribution in [0.25, 0.3) is 0 Å². The first-order valence-electron chi connectivity index (χ1n) is 10.8. The fourth-order valence-electron chi connectivity index (χ4n) is 4.56. The Balaban J connectivity index is 1.40. The molecule has 164 valence electrons. The highest BCUT2D eigenvalue weighted by Crippen LogP contribution is 2.29. The standard InChI is InChI=1S/C24H27NO5S/c26-23(25(20-8-4-5-9-20)21-14-15-31(28,29)17-21)16-30-22-12-10-19(11-13-22)24(27)18-6-2-1-3-7-18/h1-3,6-7,10-13,20-21H,4-5,8-9,14-17H2/t21-/m0/s1. The van der Waals surface area contributed by atoms with Crippen molar-refractivity contribution in [3.05, 3.63) is 65.7 Å². The van der Waals surface area contributed by atoms with E-state index < -0.39 is 9.84 Å². The molecule has 0 aromatic heterocycles. The Bertz CT molecular complexity index is 1030. The molecule has 1 aliphatic carbocycles. The first-order chi connectivity index (χ1) is 14.9. The second-order valence-corrected chi connectivity index (χ2v) is 10.5. The van der Waals surface area contributed by atoms with Gasteiger partial charge in [0.15, 0.2) is 22.2 Å². The van der Waals surface area contributed by atoms with E-state index in [0.717, 1.165) is 25.7 Å². The summed E-state index contributed by atoms with van der Waals surface area (Å²) >= 11 is 0. The quantitative estimate of drug-likeness (QED) is 0.616. The maximum Gasteiger partial charge on any atom is 0.261 e. The third-order valence-electron chi connectivity index (χ3n) is 6.12. The molecule has 4 rings (SSSR count). The number of benzene rings is 2. The van der Waals surface area contributed by atoms with E-state index in [1.54, 1.807) is 41.3 Å². The van der Waals surface area contributed by atoms with Crippen molar-refractivity contribution in [1.82, 2.24) is 4.90 Å². The van der Waals surface area contributed by atoms with Crippen molar-refractivity contribution in [3.63, 3.8) is 0 Å². The van der Waals surface area contributed by atoms with E-state index in [9.17, 15) is 18.0 Å². The number of ether oxygens (including phenoxy) is 1. The summed E-state index contributed by atoms with van der Waals surface area (Å²) in [6.45, 7) is -0.140. The van der Waals surface area contributed by atoms with Gasteiger partial charge in [0.05, 0.1) is 11.5 Å². The molecule has 0 spiro atoms. The zero-order valence-corrected chi connectivity index (χ0v) is 18.2. The van der Waals surface area contributed by atoms with Crippen LogP contribution in [0.2, 0.25) is 0 Å². The van der Waals surface area contributed by atoms with E-state index in [-0.39, 0.29) is 41.9 Å². The zero-order valence-electron chi connectivity index (χ0n) is 17.4. The minimum absolute atomic E-state index is 0.0472. The van der Waals surface area contributed by atoms with Crippen LogP contribution in [-0.2, 0) is 14.6 Å². The molecule has 31 heavy (non-hydrogen) atoms. The van der Waals surface area contributed by atoms with Gasteiger partial charge in [-0.05, 0) is 43.5 Å². The van der Waals surface area contributed by atoms with E-state index in [4.69, 9.17) is 4.74 Å². The normalized spacial score (nSPS) is 20.5. The lowest BCUT2D eigenvalue weighted by atomic mass is 10.0. The van der Waals surface area contributed by atoms with Crippen LogP contribution in [0.5, 0.6) is 5.75 Å². The van der Waals surface area contributed by atoms with Crippen LogP contribution >= 0.6 is 0 Å². The topological polar surface area (TPSA) is 80.8 Å². The van der Waals surface area contributed by atoms with Gasteiger partial charge < -0.3 is 9.64 Å². The summed E-state index contributed by atoms with van der Waals surface area (Å²) in [4.78, 5) is 27.3. The Morgan fingerprint density at radius 2 is 1.52 bits per heavy atom. The van der Waals surface area contributed by atoms with Gasteiger partial charge in [-0.15, -0.1) is 0 Å². The molecule has 6 nitrogen and oxygen atoms in total. The van der Waals surface area contributed by atoms with Gasteiger partial charge in [-0.25, -0.2) is 8.42 Å². The first kappa shape index (κ1) is 21.6. The third-order valence-corrected chi connectivity index (χ3v) is 7.87. The van der Waals surface area contributed by atoms with Gasteiger partial charge in [0.2, 0.25) is 0 Å². The third kappa shape index (κ3) is 5.15. The lowest BCUT2D eigenvalue weighted by Gasteiger charge is -2.34. The Kier molecular flexibility index (Phi) is 6.41. The lowest BCUT2D eigenvalue weighted by Crippen LogP contribution is -2.48. The molecule has 1 saturated heterocycles. The van der Waals surface area contributed by atoms with E-state index in [2.05, 4.69) is 0 Å². The fraction of sp³-hybridized carbons (Fsp3) is 0.417. The summed E-state index contributed by atoms with van der Waals surface area (Å²) < 4.78 is 29.6. The average molecular weight is 442 g/mol. The molecule has 0 unspecified atom stereocenters.